The number of aromatic nitrogens is 1. The van der Waals surface area contributed by atoms with Gasteiger partial charge < -0.3 is 29.9 Å². The minimum Gasteiger partial charge on any atom is -0.462 e. The van der Waals surface area contributed by atoms with Gasteiger partial charge in [0.15, 0.2) is 0 Å². The van der Waals surface area contributed by atoms with Crippen molar-refractivity contribution in [1.82, 2.24) is 4.98 Å². The van der Waals surface area contributed by atoms with Gasteiger partial charge in [0.05, 0.1) is 6.61 Å². The highest BCUT2D eigenvalue weighted by molar-refractivity contribution is 5.81. The lowest BCUT2D eigenvalue weighted by molar-refractivity contribution is -0.277. The number of aliphatic hydroxyl groups is 4. The van der Waals surface area contributed by atoms with Crippen molar-refractivity contribution in [3.8, 4) is 5.75 Å². The molecule has 2 heterocycles. The van der Waals surface area contributed by atoms with Gasteiger partial charge in [-0.25, -0.2) is 0 Å². The molecule has 2 unspecified atom stereocenters. The summed E-state index contributed by atoms with van der Waals surface area (Å²) in [5.74, 6) is 0.874. The Kier molecular flexibility index (Phi) is 8.33. The van der Waals surface area contributed by atoms with E-state index in [1.807, 2.05) is 24.3 Å². The average Bonchev–Trinajstić information content (AvgIpc) is 2.79. The van der Waals surface area contributed by atoms with Crippen LogP contribution in [0.2, 0.25) is 0 Å². The summed E-state index contributed by atoms with van der Waals surface area (Å²) in [5, 5.41) is 39.0. The summed E-state index contributed by atoms with van der Waals surface area (Å²) in [4.78, 5) is 16.7. The molecule has 1 aliphatic rings. The minimum atomic E-state index is -1.49. The van der Waals surface area contributed by atoms with Crippen LogP contribution < -0.4 is 4.74 Å². The van der Waals surface area contributed by atoms with E-state index in [1.54, 1.807) is 18.3 Å². The van der Waals surface area contributed by atoms with Gasteiger partial charge >= 0.3 is 0 Å². The summed E-state index contributed by atoms with van der Waals surface area (Å²) in [6.07, 6.45) is -3.55. The molecule has 4 N–H and O–H groups in total. The maximum absolute atomic E-state index is 12.3. The van der Waals surface area contributed by atoms with Crippen LogP contribution in [0.5, 0.6) is 5.75 Å². The molecule has 1 aromatic heterocycles. The van der Waals surface area contributed by atoms with Crippen LogP contribution in [0.25, 0.3) is 0 Å². The maximum Gasteiger partial charge on any atom is 0.229 e. The Bertz CT molecular complexity index is 867. The van der Waals surface area contributed by atoms with Gasteiger partial charge in [0, 0.05) is 24.7 Å². The highest BCUT2D eigenvalue weighted by Gasteiger charge is 2.44. The van der Waals surface area contributed by atoms with Crippen molar-refractivity contribution in [3.63, 3.8) is 0 Å². The Morgan fingerprint density at radius 1 is 1.03 bits per heavy atom. The van der Waals surface area contributed by atoms with Gasteiger partial charge in [0.1, 0.15) is 35.9 Å². The number of nitrogens with zero attached hydrogens (tertiary/aromatic N) is 1. The highest BCUT2D eigenvalue weighted by Crippen LogP contribution is 2.24. The third kappa shape index (κ3) is 6.11. The number of ketones is 1. The molecule has 0 aliphatic carbocycles. The smallest absolute Gasteiger partial charge is 0.229 e. The van der Waals surface area contributed by atoms with Crippen LogP contribution in [0.4, 0.5) is 0 Å². The molecule has 8 nitrogen and oxygen atoms in total. The number of hydrogen-bond acceptors (Lipinski definition) is 8. The highest BCUT2D eigenvalue weighted by atomic mass is 16.7. The maximum atomic E-state index is 12.3. The quantitative estimate of drug-likeness (QED) is 0.452. The summed E-state index contributed by atoms with van der Waals surface area (Å²) in [5.41, 5.74) is 2.86. The molecule has 0 radical (unpaired) electrons. The lowest BCUT2D eigenvalue weighted by Crippen LogP contribution is -2.60. The SMILES string of the molecule is CC(C)c1ccc(CC(=O)CCc2ccc(O[C@@H]3OC(CO)[C@H](O)[C@H](O)C3O)cc2)cn1. The van der Waals surface area contributed by atoms with Gasteiger partial charge in [-0.05, 0) is 41.7 Å². The van der Waals surface area contributed by atoms with Gasteiger partial charge in [-0.2, -0.15) is 0 Å². The molecule has 0 amide bonds. The first-order valence-electron chi connectivity index (χ1n) is 10.8. The molecular weight excluding hydrogens is 414 g/mol. The minimum absolute atomic E-state index is 0.130. The average molecular weight is 446 g/mol. The lowest BCUT2D eigenvalue weighted by atomic mass is 9.99. The number of carbonyl (C=O) groups is 1. The largest absolute Gasteiger partial charge is 0.462 e. The second kappa shape index (κ2) is 11.0. The normalized spacial score (nSPS) is 25.7. The summed E-state index contributed by atoms with van der Waals surface area (Å²) < 4.78 is 10.9. The van der Waals surface area contributed by atoms with Gasteiger partial charge in [-0.3, -0.25) is 9.78 Å². The number of aryl methyl sites for hydroxylation is 1. The molecule has 1 fully saturated rings. The van der Waals surface area contributed by atoms with Crippen LogP contribution in [-0.2, 0) is 22.4 Å². The Morgan fingerprint density at radius 3 is 2.31 bits per heavy atom. The van der Waals surface area contributed by atoms with Crippen molar-refractivity contribution < 1.29 is 34.7 Å². The third-order valence-corrected chi connectivity index (χ3v) is 5.56. The van der Waals surface area contributed by atoms with E-state index in [9.17, 15) is 25.2 Å². The number of pyridine rings is 1. The summed E-state index contributed by atoms with van der Waals surface area (Å²) in [6.45, 7) is 3.64. The molecule has 3 rings (SSSR count). The van der Waals surface area contributed by atoms with Gasteiger partial charge in [-0.1, -0.05) is 32.0 Å². The third-order valence-electron chi connectivity index (χ3n) is 5.56. The Balaban J connectivity index is 1.49. The first kappa shape index (κ1) is 24.3. The molecule has 1 aromatic carbocycles. The molecular formula is C24H31NO7. The zero-order valence-electron chi connectivity index (χ0n) is 18.3. The molecule has 32 heavy (non-hydrogen) atoms. The van der Waals surface area contributed by atoms with Crippen LogP contribution >= 0.6 is 0 Å². The van der Waals surface area contributed by atoms with Crippen LogP contribution in [0, 0.1) is 0 Å². The van der Waals surface area contributed by atoms with Crippen molar-refractivity contribution >= 4 is 5.78 Å². The van der Waals surface area contributed by atoms with Crippen molar-refractivity contribution in [1.29, 1.82) is 0 Å². The van der Waals surface area contributed by atoms with Gasteiger partial charge in [0.2, 0.25) is 6.29 Å². The van der Waals surface area contributed by atoms with E-state index in [0.717, 1.165) is 16.8 Å². The van der Waals surface area contributed by atoms with Gasteiger partial charge in [-0.15, -0.1) is 0 Å². The lowest BCUT2D eigenvalue weighted by Gasteiger charge is -2.39. The van der Waals surface area contributed by atoms with E-state index in [-0.39, 0.29) is 5.78 Å². The van der Waals surface area contributed by atoms with Crippen molar-refractivity contribution in [2.24, 2.45) is 0 Å². The van der Waals surface area contributed by atoms with Crippen molar-refractivity contribution in [2.45, 2.75) is 69.7 Å². The number of aliphatic hydroxyl groups excluding tert-OH is 4. The second-order valence-corrected chi connectivity index (χ2v) is 8.42. The molecule has 174 valence electrons. The first-order valence-corrected chi connectivity index (χ1v) is 10.8. The molecule has 0 saturated carbocycles. The fourth-order valence-electron chi connectivity index (χ4n) is 3.52. The topological polar surface area (TPSA) is 129 Å². The van der Waals surface area contributed by atoms with E-state index in [1.165, 1.54) is 0 Å². The Labute approximate surface area is 187 Å². The monoisotopic (exact) mass is 445 g/mol. The fraction of sp³-hybridized carbons (Fsp3) is 0.500. The molecule has 1 saturated heterocycles. The predicted octanol–water partition coefficient (Wildman–Crippen LogP) is 1.13. The first-order chi connectivity index (χ1) is 15.3. The zero-order chi connectivity index (χ0) is 23.3. The molecule has 2 aromatic rings. The molecule has 5 atom stereocenters. The van der Waals surface area contributed by atoms with E-state index in [4.69, 9.17) is 9.47 Å². The van der Waals surface area contributed by atoms with Crippen molar-refractivity contribution in [3.05, 3.63) is 59.4 Å². The van der Waals surface area contributed by atoms with Crippen LogP contribution in [0.15, 0.2) is 42.6 Å². The number of hydrogen-bond donors (Lipinski definition) is 4. The standard InChI is InChI=1S/C24H31NO7/c1-14(2)19-10-6-16(12-25-19)11-17(27)7-3-15-4-8-18(9-5-15)31-24-23(30)22(29)21(28)20(13-26)32-24/h4-6,8-10,12,14,20-24,26,28-30H,3,7,11,13H2,1-2H3/t20?,21-,22-,23?,24+/m0/s1. The zero-order valence-corrected chi connectivity index (χ0v) is 18.3. The molecule has 0 spiro atoms. The summed E-state index contributed by atoms with van der Waals surface area (Å²) in [7, 11) is 0. The van der Waals surface area contributed by atoms with Crippen molar-refractivity contribution in [2.75, 3.05) is 6.61 Å². The number of Topliss-reactive ketones (excluding diaryl/α,β-unsaturated/α-hetero) is 1. The van der Waals surface area contributed by atoms with Crippen LogP contribution in [0.1, 0.15) is 43.0 Å². The van der Waals surface area contributed by atoms with Crippen LogP contribution in [-0.4, -0.2) is 68.5 Å². The van der Waals surface area contributed by atoms with Crippen LogP contribution in [0.3, 0.4) is 0 Å². The predicted molar refractivity (Wildman–Crippen MR) is 116 cm³/mol. The molecule has 0 bridgehead atoms. The van der Waals surface area contributed by atoms with E-state index in [0.29, 0.717) is 30.9 Å². The number of rotatable bonds is 9. The molecule has 1 aliphatic heterocycles. The Morgan fingerprint density at radius 2 is 1.72 bits per heavy atom. The number of benzene rings is 1. The number of carbonyl (C=O) groups excluding carboxylic acids is 1. The van der Waals surface area contributed by atoms with Gasteiger partial charge in [0.25, 0.3) is 0 Å². The summed E-state index contributed by atoms with van der Waals surface area (Å²) >= 11 is 0. The second-order valence-electron chi connectivity index (χ2n) is 8.42. The number of ether oxygens (including phenoxy) is 2. The Hall–Kier alpha value is -2.36. The van der Waals surface area contributed by atoms with E-state index >= 15 is 0 Å². The summed E-state index contributed by atoms with van der Waals surface area (Å²) in [6, 6.07) is 10.9. The van der Waals surface area contributed by atoms with E-state index < -0.39 is 37.3 Å². The fourth-order valence-corrected chi connectivity index (χ4v) is 3.52. The van der Waals surface area contributed by atoms with E-state index in [2.05, 4.69) is 18.8 Å². The molecule has 8 heteroatoms.